The molecule has 2 aliphatic heterocycles. The van der Waals surface area contributed by atoms with Gasteiger partial charge in [0.15, 0.2) is 11.5 Å². The van der Waals surface area contributed by atoms with Crippen molar-refractivity contribution in [1.29, 1.82) is 0 Å². The van der Waals surface area contributed by atoms with Gasteiger partial charge in [0.05, 0.1) is 21.3 Å². The van der Waals surface area contributed by atoms with E-state index in [0.717, 1.165) is 37.0 Å². The molecule has 0 spiro atoms. The van der Waals surface area contributed by atoms with Crippen molar-refractivity contribution < 1.29 is 14.2 Å². The second-order valence-corrected chi connectivity index (χ2v) is 7.47. The van der Waals surface area contributed by atoms with Crippen LogP contribution in [0.4, 0.5) is 0 Å². The summed E-state index contributed by atoms with van der Waals surface area (Å²) >= 11 is 0. The standard InChI is InChI=1S/C21H35N3O3/c1-5-22-12-14-24(15-13-22)18-8-10-23(11-9-18)16-17-6-7-19(25-2)21(27-4)20(17)26-3/h6-7,18H,5,8-16H2,1-4H3. The SMILES string of the molecule is CCN1CCN(C2CCN(Cc3ccc(OC)c(OC)c3OC)CC2)CC1. The molecular weight excluding hydrogens is 342 g/mol. The number of benzene rings is 1. The van der Waals surface area contributed by atoms with Crippen molar-refractivity contribution in [2.24, 2.45) is 0 Å². The average molecular weight is 378 g/mol. The summed E-state index contributed by atoms with van der Waals surface area (Å²) in [5, 5.41) is 0. The lowest BCUT2D eigenvalue weighted by Gasteiger charge is -2.42. The van der Waals surface area contributed by atoms with E-state index in [1.54, 1.807) is 21.3 Å². The van der Waals surface area contributed by atoms with E-state index in [1.807, 2.05) is 6.07 Å². The second kappa shape index (κ2) is 9.62. The van der Waals surface area contributed by atoms with Crippen LogP contribution >= 0.6 is 0 Å². The molecule has 1 aromatic carbocycles. The molecule has 0 N–H and O–H groups in total. The van der Waals surface area contributed by atoms with E-state index in [9.17, 15) is 0 Å². The Hall–Kier alpha value is -1.50. The number of hydrogen-bond donors (Lipinski definition) is 0. The maximum atomic E-state index is 5.64. The fourth-order valence-corrected chi connectivity index (χ4v) is 4.42. The lowest BCUT2D eigenvalue weighted by Crippen LogP contribution is -2.53. The Morgan fingerprint density at radius 1 is 0.815 bits per heavy atom. The minimum atomic E-state index is 0.682. The number of likely N-dealkylation sites (tertiary alicyclic amines) is 1. The molecule has 0 saturated carbocycles. The van der Waals surface area contributed by atoms with E-state index in [2.05, 4.69) is 27.7 Å². The molecular formula is C21H35N3O3. The number of piperazine rings is 1. The molecule has 0 amide bonds. The smallest absolute Gasteiger partial charge is 0.203 e. The van der Waals surface area contributed by atoms with E-state index >= 15 is 0 Å². The van der Waals surface area contributed by atoms with Crippen LogP contribution in [-0.4, -0.2) is 87.9 Å². The molecule has 0 unspecified atom stereocenters. The number of ether oxygens (including phenoxy) is 3. The molecule has 2 fully saturated rings. The van der Waals surface area contributed by atoms with Gasteiger partial charge >= 0.3 is 0 Å². The zero-order chi connectivity index (χ0) is 19.2. The van der Waals surface area contributed by atoms with Gasteiger partial charge in [-0.1, -0.05) is 13.0 Å². The molecule has 2 aliphatic rings. The van der Waals surface area contributed by atoms with E-state index < -0.39 is 0 Å². The van der Waals surface area contributed by atoms with Crippen LogP contribution in [0, 0.1) is 0 Å². The topological polar surface area (TPSA) is 37.4 Å². The number of likely N-dealkylation sites (N-methyl/N-ethyl adjacent to an activating group) is 1. The predicted molar refractivity (Wildman–Crippen MR) is 108 cm³/mol. The van der Waals surface area contributed by atoms with Crippen molar-refractivity contribution in [1.82, 2.24) is 14.7 Å². The number of nitrogens with zero attached hydrogens (tertiary/aromatic N) is 3. The Morgan fingerprint density at radius 2 is 1.48 bits per heavy atom. The second-order valence-electron chi connectivity index (χ2n) is 7.47. The van der Waals surface area contributed by atoms with Gasteiger partial charge in [-0.05, 0) is 38.5 Å². The lowest BCUT2D eigenvalue weighted by molar-refractivity contribution is 0.0591. The third kappa shape index (κ3) is 4.68. The van der Waals surface area contributed by atoms with Crippen molar-refractivity contribution >= 4 is 0 Å². The van der Waals surface area contributed by atoms with E-state index in [4.69, 9.17) is 14.2 Å². The Kier molecular flexibility index (Phi) is 7.21. The molecule has 6 heteroatoms. The zero-order valence-corrected chi connectivity index (χ0v) is 17.4. The molecule has 0 aliphatic carbocycles. The Morgan fingerprint density at radius 3 is 2.04 bits per heavy atom. The summed E-state index contributed by atoms with van der Waals surface area (Å²) in [7, 11) is 5.01. The molecule has 0 bridgehead atoms. The van der Waals surface area contributed by atoms with Gasteiger partial charge < -0.3 is 19.1 Å². The minimum absolute atomic E-state index is 0.682. The first-order valence-electron chi connectivity index (χ1n) is 10.2. The number of hydrogen-bond acceptors (Lipinski definition) is 6. The first-order chi connectivity index (χ1) is 13.2. The third-order valence-corrected chi connectivity index (χ3v) is 6.11. The molecule has 2 saturated heterocycles. The van der Waals surface area contributed by atoms with Gasteiger partial charge in [0, 0.05) is 44.3 Å². The summed E-state index contributed by atoms with van der Waals surface area (Å²) in [5.74, 6) is 2.18. The van der Waals surface area contributed by atoms with Crippen LogP contribution in [0.2, 0.25) is 0 Å². The summed E-state index contributed by atoms with van der Waals surface area (Å²) in [6.45, 7) is 11.5. The average Bonchev–Trinajstić information content (AvgIpc) is 2.73. The first kappa shape index (κ1) is 20.2. The highest BCUT2D eigenvalue weighted by atomic mass is 16.5. The molecule has 2 heterocycles. The maximum absolute atomic E-state index is 5.64. The zero-order valence-electron chi connectivity index (χ0n) is 17.4. The fraction of sp³-hybridized carbons (Fsp3) is 0.714. The van der Waals surface area contributed by atoms with Crippen LogP contribution in [0.25, 0.3) is 0 Å². The molecule has 27 heavy (non-hydrogen) atoms. The van der Waals surface area contributed by atoms with Gasteiger partial charge in [0.25, 0.3) is 0 Å². The maximum Gasteiger partial charge on any atom is 0.203 e. The summed E-state index contributed by atoms with van der Waals surface area (Å²) in [6.07, 6.45) is 2.50. The molecule has 0 aromatic heterocycles. The summed E-state index contributed by atoms with van der Waals surface area (Å²) in [4.78, 5) is 7.79. The van der Waals surface area contributed by atoms with Crippen LogP contribution in [0.3, 0.4) is 0 Å². The fourth-order valence-electron chi connectivity index (χ4n) is 4.42. The van der Waals surface area contributed by atoms with E-state index in [-0.39, 0.29) is 0 Å². The third-order valence-electron chi connectivity index (χ3n) is 6.11. The van der Waals surface area contributed by atoms with Gasteiger partial charge in [-0.25, -0.2) is 0 Å². The van der Waals surface area contributed by atoms with Crippen LogP contribution in [0.5, 0.6) is 17.2 Å². The number of methoxy groups -OCH3 is 3. The van der Waals surface area contributed by atoms with Gasteiger partial charge in [-0.15, -0.1) is 0 Å². The molecule has 152 valence electrons. The van der Waals surface area contributed by atoms with Crippen LogP contribution < -0.4 is 14.2 Å². The van der Waals surface area contributed by atoms with Gasteiger partial charge in [-0.3, -0.25) is 9.80 Å². The van der Waals surface area contributed by atoms with Gasteiger partial charge in [-0.2, -0.15) is 0 Å². The molecule has 0 radical (unpaired) electrons. The van der Waals surface area contributed by atoms with E-state index in [1.165, 1.54) is 45.6 Å². The van der Waals surface area contributed by atoms with Crippen molar-refractivity contribution in [2.45, 2.75) is 32.4 Å². The highest BCUT2D eigenvalue weighted by Gasteiger charge is 2.27. The summed E-state index contributed by atoms with van der Waals surface area (Å²) in [5.41, 5.74) is 1.16. The summed E-state index contributed by atoms with van der Waals surface area (Å²) in [6, 6.07) is 4.81. The monoisotopic (exact) mass is 377 g/mol. The number of rotatable bonds is 7. The van der Waals surface area contributed by atoms with E-state index in [0.29, 0.717) is 11.5 Å². The Bertz CT molecular complexity index is 595. The van der Waals surface area contributed by atoms with Crippen LogP contribution in [0.15, 0.2) is 12.1 Å². The molecule has 1 aromatic rings. The minimum Gasteiger partial charge on any atom is -0.493 e. The first-order valence-corrected chi connectivity index (χ1v) is 10.2. The van der Waals surface area contributed by atoms with Crippen molar-refractivity contribution in [3.63, 3.8) is 0 Å². The molecule has 3 rings (SSSR count). The highest BCUT2D eigenvalue weighted by Crippen LogP contribution is 2.40. The number of piperidine rings is 1. The van der Waals surface area contributed by atoms with Crippen LogP contribution in [0.1, 0.15) is 25.3 Å². The molecule has 0 atom stereocenters. The van der Waals surface area contributed by atoms with Gasteiger partial charge in [0.2, 0.25) is 5.75 Å². The Balaban J connectivity index is 1.56. The van der Waals surface area contributed by atoms with Crippen molar-refractivity contribution in [2.75, 3.05) is 67.1 Å². The van der Waals surface area contributed by atoms with Crippen LogP contribution in [-0.2, 0) is 6.54 Å². The predicted octanol–water partition coefficient (Wildman–Crippen LogP) is 2.31. The largest absolute Gasteiger partial charge is 0.493 e. The molecule has 6 nitrogen and oxygen atoms in total. The summed E-state index contributed by atoms with van der Waals surface area (Å²) < 4.78 is 16.6. The Labute approximate surface area is 164 Å². The lowest BCUT2D eigenvalue weighted by atomic mass is 10.0. The van der Waals surface area contributed by atoms with Crippen molar-refractivity contribution in [3.05, 3.63) is 17.7 Å². The quantitative estimate of drug-likeness (QED) is 0.726. The van der Waals surface area contributed by atoms with Gasteiger partial charge in [0.1, 0.15) is 0 Å². The van der Waals surface area contributed by atoms with Crippen molar-refractivity contribution in [3.8, 4) is 17.2 Å². The highest BCUT2D eigenvalue weighted by molar-refractivity contribution is 5.55. The normalized spacial score (nSPS) is 20.6.